The first-order chi connectivity index (χ1) is 18.8. The topological polar surface area (TPSA) is 131 Å². The summed E-state index contributed by atoms with van der Waals surface area (Å²) in [6.07, 6.45) is 4.33. The van der Waals surface area contributed by atoms with Crippen LogP contribution in [0.2, 0.25) is 0 Å². The smallest absolute Gasteiger partial charge is 0.408 e. The summed E-state index contributed by atoms with van der Waals surface area (Å²) in [5, 5.41) is 7.16. The molecule has 2 unspecified atom stereocenters. The van der Waals surface area contributed by atoms with Gasteiger partial charge in [-0.25, -0.2) is 4.79 Å². The van der Waals surface area contributed by atoms with Gasteiger partial charge in [-0.15, -0.1) is 0 Å². The van der Waals surface area contributed by atoms with Crippen LogP contribution >= 0.6 is 0 Å². The molecule has 0 saturated carbocycles. The zero-order valence-corrected chi connectivity index (χ0v) is 23.3. The molecule has 3 aromatic carbocycles. The van der Waals surface area contributed by atoms with Crippen LogP contribution in [-0.4, -0.2) is 40.4 Å². The zero-order chi connectivity index (χ0) is 29.6. The summed E-state index contributed by atoms with van der Waals surface area (Å²) in [4.78, 5) is 52.9. The summed E-state index contributed by atoms with van der Waals surface area (Å²) in [7, 11) is 0. The average Bonchev–Trinajstić information content (AvgIpc) is 2.87. The van der Waals surface area contributed by atoms with E-state index in [1.54, 1.807) is 39.0 Å². The molecular formula is C31H34N4O5. The third-order valence-electron chi connectivity index (χ3n) is 6.24. The molecule has 0 bridgehead atoms. The van der Waals surface area contributed by atoms with Gasteiger partial charge in [0.15, 0.2) is 0 Å². The van der Waals surface area contributed by atoms with Gasteiger partial charge in [0.2, 0.25) is 5.91 Å². The number of terminal acetylenes is 1. The van der Waals surface area contributed by atoms with Crippen LogP contribution in [0.1, 0.15) is 49.9 Å². The molecule has 0 aliphatic carbocycles. The molecule has 4 amide bonds. The van der Waals surface area contributed by atoms with Crippen molar-refractivity contribution < 1.29 is 23.9 Å². The molecule has 9 nitrogen and oxygen atoms in total. The Hall–Kier alpha value is -4.84. The second kappa shape index (κ2) is 12.3. The molecule has 0 spiro atoms. The molecule has 0 fully saturated rings. The molecule has 0 heterocycles. The van der Waals surface area contributed by atoms with Crippen LogP contribution in [0.3, 0.4) is 0 Å². The van der Waals surface area contributed by atoms with Crippen molar-refractivity contribution in [2.75, 3.05) is 5.32 Å². The minimum absolute atomic E-state index is 0.486. The largest absolute Gasteiger partial charge is 0.444 e. The van der Waals surface area contributed by atoms with E-state index >= 15 is 0 Å². The summed E-state index contributed by atoms with van der Waals surface area (Å²) >= 11 is 0. The summed E-state index contributed by atoms with van der Waals surface area (Å²) in [6, 6.07) is 18.0. The molecule has 4 N–H and O–H groups in total. The highest BCUT2D eigenvalue weighted by Gasteiger charge is 2.37. The second-order valence-electron chi connectivity index (χ2n) is 10.4. The number of ether oxygens (including phenoxy) is 1. The summed E-state index contributed by atoms with van der Waals surface area (Å²) < 4.78 is 5.25. The van der Waals surface area contributed by atoms with Gasteiger partial charge < -0.3 is 21.1 Å². The lowest BCUT2D eigenvalue weighted by molar-refractivity contribution is -0.138. The molecule has 0 saturated heterocycles. The predicted octanol–water partition coefficient (Wildman–Crippen LogP) is 4.32. The maximum Gasteiger partial charge on any atom is 0.408 e. The standard InChI is InChI=1S/C31H34N4O5/c1-7-35(29(38)25(18-26(32)36)34-30(39)40-31(4,5)6)27(24-14-10-11-19(2)20(24)3)28(37)33-23-16-15-21-12-8-9-13-22(21)17-23/h1,8-17,25,27H,18H2,2-6H3,(H2,32,36)(H,33,37)(H,34,39). The van der Waals surface area contributed by atoms with Crippen molar-refractivity contribution in [3.05, 3.63) is 77.4 Å². The van der Waals surface area contributed by atoms with Gasteiger partial charge in [0.1, 0.15) is 17.7 Å². The number of alkyl carbamates (subject to hydrolysis) is 1. The van der Waals surface area contributed by atoms with Gasteiger partial charge in [0.25, 0.3) is 11.8 Å². The molecule has 3 rings (SSSR count). The number of carbonyl (C=O) groups excluding carboxylic acids is 4. The van der Waals surface area contributed by atoms with Crippen molar-refractivity contribution in [3.8, 4) is 12.5 Å². The van der Waals surface area contributed by atoms with Crippen LogP contribution in [0.5, 0.6) is 0 Å². The third-order valence-corrected chi connectivity index (χ3v) is 6.24. The summed E-state index contributed by atoms with van der Waals surface area (Å²) in [6.45, 7) is 8.65. The van der Waals surface area contributed by atoms with Crippen molar-refractivity contribution in [2.45, 2.75) is 58.7 Å². The molecular weight excluding hydrogens is 508 g/mol. The number of hydrogen-bond donors (Lipinski definition) is 3. The minimum Gasteiger partial charge on any atom is -0.444 e. The fraction of sp³-hybridized carbons (Fsp3) is 0.290. The number of benzene rings is 3. The van der Waals surface area contributed by atoms with E-state index in [1.165, 1.54) is 0 Å². The zero-order valence-electron chi connectivity index (χ0n) is 23.3. The number of fused-ring (bicyclic) bond motifs is 1. The first kappa shape index (κ1) is 29.7. The quantitative estimate of drug-likeness (QED) is 0.288. The second-order valence-corrected chi connectivity index (χ2v) is 10.4. The number of aryl methyl sites for hydroxylation is 1. The molecule has 0 radical (unpaired) electrons. The van der Waals surface area contributed by atoms with Gasteiger partial charge in [-0.2, -0.15) is 0 Å². The highest BCUT2D eigenvalue weighted by Crippen LogP contribution is 2.29. The molecule has 9 heteroatoms. The molecule has 0 aliphatic heterocycles. The lowest BCUT2D eigenvalue weighted by Crippen LogP contribution is -2.52. The highest BCUT2D eigenvalue weighted by molar-refractivity contribution is 6.01. The summed E-state index contributed by atoms with van der Waals surface area (Å²) in [5.74, 6) is -2.30. The number of nitrogens with one attached hydrogen (secondary N) is 2. The number of hydrogen-bond acceptors (Lipinski definition) is 5. The fourth-order valence-electron chi connectivity index (χ4n) is 4.23. The number of rotatable bonds is 8. The molecule has 208 valence electrons. The van der Waals surface area contributed by atoms with E-state index in [4.69, 9.17) is 16.9 Å². The van der Waals surface area contributed by atoms with Crippen LogP contribution in [0.15, 0.2) is 60.7 Å². The third kappa shape index (κ3) is 7.38. The SMILES string of the molecule is C#CN(C(=O)C(CC(N)=O)NC(=O)OC(C)(C)C)C(C(=O)Nc1ccc2ccccc2c1)c1cccc(C)c1C. The van der Waals surface area contributed by atoms with Gasteiger partial charge in [-0.3, -0.25) is 19.3 Å². The fourth-order valence-corrected chi connectivity index (χ4v) is 4.23. The Bertz CT molecular complexity index is 1490. The Morgan fingerprint density at radius 3 is 2.30 bits per heavy atom. The molecule has 0 aliphatic rings. The molecule has 2 atom stereocenters. The van der Waals surface area contributed by atoms with E-state index in [9.17, 15) is 19.2 Å². The Labute approximate surface area is 234 Å². The van der Waals surface area contributed by atoms with Gasteiger partial charge in [0.05, 0.1) is 6.42 Å². The first-order valence-corrected chi connectivity index (χ1v) is 12.7. The van der Waals surface area contributed by atoms with E-state index in [1.807, 2.05) is 56.3 Å². The normalized spacial score (nSPS) is 12.5. The van der Waals surface area contributed by atoms with Crippen molar-refractivity contribution in [1.82, 2.24) is 10.2 Å². The van der Waals surface area contributed by atoms with E-state index < -0.39 is 47.9 Å². The Morgan fingerprint density at radius 1 is 1.00 bits per heavy atom. The molecule has 3 aromatic rings. The maximum atomic E-state index is 13.9. The van der Waals surface area contributed by atoms with Gasteiger partial charge in [0, 0.05) is 11.7 Å². The van der Waals surface area contributed by atoms with E-state index in [-0.39, 0.29) is 0 Å². The minimum atomic E-state index is -1.47. The number of anilines is 1. The highest BCUT2D eigenvalue weighted by atomic mass is 16.6. The van der Waals surface area contributed by atoms with Gasteiger partial charge >= 0.3 is 6.09 Å². The average molecular weight is 543 g/mol. The van der Waals surface area contributed by atoms with E-state index in [2.05, 4.69) is 16.7 Å². The first-order valence-electron chi connectivity index (χ1n) is 12.7. The van der Waals surface area contributed by atoms with Crippen molar-refractivity contribution in [1.29, 1.82) is 0 Å². The van der Waals surface area contributed by atoms with Gasteiger partial charge in [-0.1, -0.05) is 55.0 Å². The lowest BCUT2D eigenvalue weighted by Gasteiger charge is -2.31. The predicted molar refractivity (Wildman–Crippen MR) is 154 cm³/mol. The van der Waals surface area contributed by atoms with E-state index in [0.717, 1.165) is 26.8 Å². The van der Waals surface area contributed by atoms with Gasteiger partial charge in [-0.05, 0) is 74.2 Å². The lowest BCUT2D eigenvalue weighted by atomic mass is 9.95. The Balaban J connectivity index is 2.03. The Kier molecular flexibility index (Phi) is 9.17. The molecule has 40 heavy (non-hydrogen) atoms. The number of nitrogens with zero attached hydrogens (tertiary/aromatic N) is 1. The monoisotopic (exact) mass is 542 g/mol. The van der Waals surface area contributed by atoms with Crippen LogP contribution in [0.4, 0.5) is 10.5 Å². The van der Waals surface area contributed by atoms with Crippen LogP contribution in [0, 0.1) is 26.3 Å². The van der Waals surface area contributed by atoms with Crippen molar-refractivity contribution in [2.24, 2.45) is 5.73 Å². The number of carbonyl (C=O) groups is 4. The van der Waals surface area contributed by atoms with E-state index in [0.29, 0.717) is 11.3 Å². The summed E-state index contributed by atoms with van der Waals surface area (Å²) in [5.41, 5.74) is 7.14. The number of nitrogens with two attached hydrogens (primary N) is 1. The van der Waals surface area contributed by atoms with Crippen LogP contribution in [-0.2, 0) is 19.1 Å². The van der Waals surface area contributed by atoms with Crippen molar-refractivity contribution in [3.63, 3.8) is 0 Å². The Morgan fingerprint density at radius 2 is 1.68 bits per heavy atom. The number of primary amides is 1. The maximum absolute atomic E-state index is 13.9. The van der Waals surface area contributed by atoms with Crippen LogP contribution < -0.4 is 16.4 Å². The molecule has 0 aromatic heterocycles. The van der Waals surface area contributed by atoms with Crippen molar-refractivity contribution >= 4 is 40.3 Å². The number of amides is 4. The van der Waals surface area contributed by atoms with Crippen LogP contribution in [0.25, 0.3) is 10.8 Å².